The summed E-state index contributed by atoms with van der Waals surface area (Å²) in [5, 5.41) is 6.07. The molecule has 0 aliphatic rings. The van der Waals surface area contributed by atoms with Crippen LogP contribution in [0.5, 0.6) is 0 Å². The van der Waals surface area contributed by atoms with Gasteiger partial charge in [-0.25, -0.2) is 0 Å². The Bertz CT molecular complexity index is 307. The van der Waals surface area contributed by atoms with Gasteiger partial charge in [-0.15, -0.1) is 0 Å². The van der Waals surface area contributed by atoms with Crippen LogP contribution in [-0.2, 0) is 9.59 Å². The van der Waals surface area contributed by atoms with Crippen LogP contribution in [0.1, 0.15) is 46.5 Å². The van der Waals surface area contributed by atoms with Crippen molar-refractivity contribution in [3.05, 3.63) is 0 Å². The quantitative estimate of drug-likeness (QED) is 0.415. The molecule has 6 N–H and O–H groups in total. The summed E-state index contributed by atoms with van der Waals surface area (Å²) in [5.74, 6) is -0.693. The molecule has 6 heteroatoms. The van der Waals surface area contributed by atoms with Gasteiger partial charge in [-0.05, 0) is 40.7 Å². The lowest BCUT2D eigenvalue weighted by Gasteiger charge is -2.30. The molecular weight excluding hydrogens is 244 g/mol. The first-order valence-corrected chi connectivity index (χ1v) is 6.77. The predicted molar refractivity (Wildman–Crippen MR) is 76.4 cm³/mol. The SMILES string of the molecule is CNC(CCCCC(C)(NC(C)C)C(N)=O)C(N)=O. The molecule has 0 aromatic rings. The topological polar surface area (TPSA) is 110 Å². The smallest absolute Gasteiger partial charge is 0.237 e. The van der Waals surface area contributed by atoms with Gasteiger partial charge in [-0.1, -0.05) is 12.8 Å². The molecule has 0 aliphatic carbocycles. The summed E-state index contributed by atoms with van der Waals surface area (Å²) >= 11 is 0. The van der Waals surface area contributed by atoms with E-state index in [1.807, 2.05) is 20.8 Å². The molecule has 0 radical (unpaired) electrons. The van der Waals surface area contributed by atoms with Crippen molar-refractivity contribution in [1.82, 2.24) is 10.6 Å². The molecule has 0 aromatic heterocycles. The van der Waals surface area contributed by atoms with Gasteiger partial charge in [0.05, 0.1) is 11.6 Å². The molecule has 112 valence electrons. The van der Waals surface area contributed by atoms with Gasteiger partial charge in [0.1, 0.15) is 0 Å². The highest BCUT2D eigenvalue weighted by Gasteiger charge is 2.30. The number of carbonyl (C=O) groups is 2. The first kappa shape index (κ1) is 17.9. The van der Waals surface area contributed by atoms with Gasteiger partial charge in [0.2, 0.25) is 11.8 Å². The van der Waals surface area contributed by atoms with Crippen molar-refractivity contribution >= 4 is 11.8 Å². The van der Waals surface area contributed by atoms with Crippen molar-refractivity contribution in [1.29, 1.82) is 0 Å². The molecule has 6 nitrogen and oxygen atoms in total. The number of rotatable bonds is 10. The second kappa shape index (κ2) is 8.12. The van der Waals surface area contributed by atoms with Crippen molar-refractivity contribution < 1.29 is 9.59 Å². The highest BCUT2D eigenvalue weighted by molar-refractivity contribution is 5.84. The first-order chi connectivity index (χ1) is 8.73. The fraction of sp³-hybridized carbons (Fsp3) is 0.846. The molecule has 0 saturated carbocycles. The fourth-order valence-corrected chi connectivity index (χ4v) is 2.16. The first-order valence-electron chi connectivity index (χ1n) is 6.77. The highest BCUT2D eigenvalue weighted by atomic mass is 16.2. The van der Waals surface area contributed by atoms with Gasteiger partial charge in [0.15, 0.2) is 0 Å². The van der Waals surface area contributed by atoms with Crippen LogP contribution < -0.4 is 22.1 Å². The van der Waals surface area contributed by atoms with Crippen LogP contribution in [0, 0.1) is 0 Å². The zero-order valence-electron chi connectivity index (χ0n) is 12.5. The molecule has 19 heavy (non-hydrogen) atoms. The van der Waals surface area contributed by atoms with E-state index >= 15 is 0 Å². The largest absolute Gasteiger partial charge is 0.368 e. The minimum atomic E-state index is -0.698. The lowest BCUT2D eigenvalue weighted by Crippen LogP contribution is -2.55. The van der Waals surface area contributed by atoms with Crippen LogP contribution in [0.15, 0.2) is 0 Å². The molecule has 0 saturated heterocycles. The Kier molecular flexibility index (Phi) is 7.63. The number of primary amides is 2. The molecule has 0 fully saturated rings. The molecule has 2 amide bonds. The minimum absolute atomic E-state index is 0.188. The van der Waals surface area contributed by atoms with Gasteiger partial charge in [0, 0.05) is 6.04 Å². The molecule has 2 unspecified atom stereocenters. The van der Waals surface area contributed by atoms with Gasteiger partial charge in [0.25, 0.3) is 0 Å². The monoisotopic (exact) mass is 272 g/mol. The maximum atomic E-state index is 11.5. The summed E-state index contributed by atoms with van der Waals surface area (Å²) in [6.45, 7) is 5.77. The van der Waals surface area contributed by atoms with Gasteiger partial charge >= 0.3 is 0 Å². The molecule has 0 heterocycles. The molecule has 0 bridgehead atoms. The van der Waals surface area contributed by atoms with Gasteiger partial charge in [-0.2, -0.15) is 0 Å². The van der Waals surface area contributed by atoms with E-state index in [0.29, 0.717) is 12.8 Å². The van der Waals surface area contributed by atoms with Crippen molar-refractivity contribution in [3.8, 4) is 0 Å². The summed E-state index contributed by atoms with van der Waals surface area (Å²) in [6, 6.07) is -0.119. The average Bonchev–Trinajstić information content (AvgIpc) is 2.27. The second-order valence-electron chi connectivity index (χ2n) is 5.48. The fourth-order valence-electron chi connectivity index (χ4n) is 2.16. The molecule has 0 rings (SSSR count). The Morgan fingerprint density at radius 2 is 1.79 bits per heavy atom. The zero-order valence-corrected chi connectivity index (χ0v) is 12.5. The van der Waals surface area contributed by atoms with Gasteiger partial charge < -0.3 is 22.1 Å². The van der Waals surface area contributed by atoms with Gasteiger partial charge in [-0.3, -0.25) is 9.59 Å². The molecule has 0 spiro atoms. The molecular formula is C13H28N4O2. The number of hydrogen-bond acceptors (Lipinski definition) is 4. The van der Waals surface area contributed by atoms with Crippen LogP contribution >= 0.6 is 0 Å². The summed E-state index contributed by atoms with van der Waals surface area (Å²) in [7, 11) is 1.71. The summed E-state index contributed by atoms with van der Waals surface area (Å²) < 4.78 is 0. The Morgan fingerprint density at radius 1 is 1.21 bits per heavy atom. The van der Waals surface area contributed by atoms with Crippen molar-refractivity contribution in [2.45, 2.75) is 64.1 Å². The Labute approximate surface area is 115 Å². The Hall–Kier alpha value is -1.14. The normalized spacial score (nSPS) is 16.1. The van der Waals surface area contributed by atoms with E-state index in [0.717, 1.165) is 12.8 Å². The Balaban J connectivity index is 4.21. The van der Waals surface area contributed by atoms with E-state index in [-0.39, 0.29) is 23.9 Å². The Morgan fingerprint density at radius 3 is 2.16 bits per heavy atom. The third kappa shape index (κ3) is 6.54. The summed E-state index contributed by atoms with van der Waals surface area (Å²) in [5.41, 5.74) is 9.99. The minimum Gasteiger partial charge on any atom is -0.368 e. The lowest BCUT2D eigenvalue weighted by molar-refractivity contribution is -0.124. The maximum Gasteiger partial charge on any atom is 0.237 e. The van der Waals surface area contributed by atoms with Crippen LogP contribution in [0.3, 0.4) is 0 Å². The predicted octanol–water partition coefficient (Wildman–Crippen LogP) is -0.138. The standard InChI is InChI=1S/C13H28N4O2/c1-9(2)17-13(3,12(15)19)8-6-5-7-10(16-4)11(14)18/h9-10,16-17H,5-8H2,1-4H3,(H2,14,18)(H2,15,19). The van der Waals surface area contributed by atoms with E-state index in [2.05, 4.69) is 10.6 Å². The average molecular weight is 272 g/mol. The third-order valence-corrected chi connectivity index (χ3v) is 3.26. The van der Waals surface area contributed by atoms with Crippen LogP contribution in [0.2, 0.25) is 0 Å². The number of likely N-dealkylation sites (N-methyl/N-ethyl adjacent to an activating group) is 1. The van der Waals surface area contributed by atoms with Crippen molar-refractivity contribution in [2.75, 3.05) is 7.05 Å². The van der Waals surface area contributed by atoms with E-state index in [9.17, 15) is 9.59 Å². The van der Waals surface area contributed by atoms with Crippen LogP contribution in [-0.4, -0.2) is 36.5 Å². The lowest BCUT2D eigenvalue weighted by atomic mass is 9.92. The van der Waals surface area contributed by atoms with E-state index in [1.165, 1.54) is 0 Å². The van der Waals surface area contributed by atoms with Crippen molar-refractivity contribution in [2.24, 2.45) is 11.5 Å². The third-order valence-electron chi connectivity index (χ3n) is 3.26. The number of carbonyl (C=O) groups excluding carboxylic acids is 2. The highest BCUT2D eigenvalue weighted by Crippen LogP contribution is 2.16. The molecule has 0 aromatic carbocycles. The number of nitrogens with one attached hydrogen (secondary N) is 2. The number of amides is 2. The molecule has 2 atom stereocenters. The number of nitrogens with two attached hydrogens (primary N) is 2. The summed E-state index contributed by atoms with van der Waals surface area (Å²) in [4.78, 5) is 22.6. The van der Waals surface area contributed by atoms with E-state index < -0.39 is 5.54 Å². The maximum absolute atomic E-state index is 11.5. The van der Waals surface area contributed by atoms with Crippen LogP contribution in [0.25, 0.3) is 0 Å². The van der Waals surface area contributed by atoms with E-state index in [4.69, 9.17) is 11.5 Å². The molecule has 0 aliphatic heterocycles. The zero-order chi connectivity index (χ0) is 15.1. The number of hydrogen-bond donors (Lipinski definition) is 4. The van der Waals surface area contributed by atoms with Crippen LogP contribution in [0.4, 0.5) is 0 Å². The second-order valence-corrected chi connectivity index (χ2v) is 5.48. The summed E-state index contributed by atoms with van der Waals surface area (Å²) in [6.07, 6.45) is 2.94. The van der Waals surface area contributed by atoms with Crippen molar-refractivity contribution in [3.63, 3.8) is 0 Å². The number of unbranched alkanes of at least 4 members (excludes halogenated alkanes) is 1. The van der Waals surface area contributed by atoms with E-state index in [1.54, 1.807) is 7.05 Å².